The fourth-order valence-electron chi connectivity index (χ4n) is 3.19. The van der Waals surface area contributed by atoms with Gasteiger partial charge in [-0.3, -0.25) is 4.98 Å². The Labute approximate surface area is 158 Å². The van der Waals surface area contributed by atoms with E-state index in [-0.39, 0.29) is 24.7 Å². The fourth-order valence-corrected chi connectivity index (χ4v) is 3.19. The molecular weight excluding hydrogens is 348 g/mol. The number of amides is 1. The maximum atomic E-state index is 12.3. The predicted molar refractivity (Wildman–Crippen MR) is 96.6 cm³/mol. The van der Waals surface area contributed by atoms with E-state index in [9.17, 15) is 4.79 Å². The molecule has 0 spiro atoms. The van der Waals surface area contributed by atoms with Crippen molar-refractivity contribution in [2.24, 2.45) is 5.92 Å². The van der Waals surface area contributed by atoms with Crippen molar-refractivity contribution in [2.45, 2.75) is 51.9 Å². The van der Waals surface area contributed by atoms with Crippen LogP contribution in [0, 0.1) is 5.92 Å². The molecule has 0 N–H and O–H groups in total. The molecule has 1 atom stereocenters. The maximum Gasteiger partial charge on any atom is 0.410 e. The molecule has 0 saturated carbocycles. The first-order valence-electron chi connectivity index (χ1n) is 9.17. The number of ether oxygens (including phenoxy) is 2. The molecule has 2 aromatic heterocycles. The molecule has 1 aliphatic heterocycles. The summed E-state index contributed by atoms with van der Waals surface area (Å²) in [4.78, 5) is 22.1. The van der Waals surface area contributed by atoms with E-state index in [1.54, 1.807) is 17.3 Å². The molecule has 1 saturated heterocycles. The molecule has 0 radical (unpaired) electrons. The quantitative estimate of drug-likeness (QED) is 0.792. The zero-order chi connectivity index (χ0) is 19.3. The van der Waals surface area contributed by atoms with Gasteiger partial charge in [-0.15, -0.1) is 0 Å². The van der Waals surface area contributed by atoms with Crippen molar-refractivity contribution in [3.63, 3.8) is 0 Å². The Morgan fingerprint density at radius 2 is 2.00 bits per heavy atom. The van der Waals surface area contributed by atoms with Gasteiger partial charge in [0.2, 0.25) is 0 Å². The first-order valence-corrected chi connectivity index (χ1v) is 9.17. The van der Waals surface area contributed by atoms with Crippen molar-refractivity contribution >= 4 is 6.09 Å². The van der Waals surface area contributed by atoms with Gasteiger partial charge in [0.1, 0.15) is 12.2 Å². The van der Waals surface area contributed by atoms with Crippen LogP contribution in [0.1, 0.15) is 51.2 Å². The van der Waals surface area contributed by atoms with E-state index < -0.39 is 5.60 Å². The summed E-state index contributed by atoms with van der Waals surface area (Å²) in [7, 11) is 0. The molecule has 1 aliphatic rings. The minimum absolute atomic E-state index is 0.124. The number of aromatic nitrogens is 3. The lowest BCUT2D eigenvalue weighted by Crippen LogP contribution is -2.42. The number of hydrogen-bond acceptors (Lipinski definition) is 7. The first kappa shape index (κ1) is 19.3. The Morgan fingerprint density at radius 1 is 1.30 bits per heavy atom. The minimum atomic E-state index is -0.485. The minimum Gasteiger partial charge on any atom is -0.444 e. The van der Waals surface area contributed by atoms with Crippen LogP contribution in [0.3, 0.4) is 0 Å². The highest BCUT2D eigenvalue weighted by molar-refractivity contribution is 5.68. The van der Waals surface area contributed by atoms with Gasteiger partial charge in [0.15, 0.2) is 6.33 Å². The van der Waals surface area contributed by atoms with Gasteiger partial charge in [-0.05, 0) is 57.2 Å². The van der Waals surface area contributed by atoms with Crippen LogP contribution in [0.2, 0.25) is 0 Å². The fraction of sp³-hybridized carbons (Fsp3) is 0.579. The number of pyridine rings is 1. The molecular formula is C19H26N4O4. The Balaban J connectivity index is 1.63. The Hall–Kier alpha value is -2.48. The molecule has 146 valence electrons. The number of nitrogens with zero attached hydrogens (tertiary/aromatic N) is 4. The van der Waals surface area contributed by atoms with Crippen molar-refractivity contribution in [1.82, 2.24) is 20.0 Å². The standard InChI is InChI=1S/C19H26N4O4/c1-19(2,3)26-18(24)23-10-6-15(7-11-23)17(14-4-8-20-9-5-14)25-12-16-21-13-22-27-16/h4-5,8-9,13,15,17H,6-7,10-12H2,1-3H3. The molecule has 3 heterocycles. The first-order chi connectivity index (χ1) is 12.9. The Kier molecular flexibility index (Phi) is 6.05. The number of carbonyl (C=O) groups is 1. The SMILES string of the molecule is CC(C)(C)OC(=O)N1CCC(C(OCc2ncno2)c2ccncc2)CC1. The van der Waals surface area contributed by atoms with Crippen molar-refractivity contribution in [1.29, 1.82) is 0 Å². The van der Waals surface area contributed by atoms with Gasteiger partial charge in [-0.25, -0.2) is 4.79 Å². The Bertz CT molecular complexity index is 707. The molecule has 0 bridgehead atoms. The number of hydrogen-bond donors (Lipinski definition) is 0. The van der Waals surface area contributed by atoms with Crippen LogP contribution in [0.4, 0.5) is 4.79 Å². The smallest absolute Gasteiger partial charge is 0.410 e. The average molecular weight is 374 g/mol. The van der Waals surface area contributed by atoms with E-state index in [4.69, 9.17) is 14.0 Å². The van der Waals surface area contributed by atoms with Gasteiger partial charge in [-0.1, -0.05) is 5.16 Å². The summed E-state index contributed by atoms with van der Waals surface area (Å²) in [5.41, 5.74) is 0.570. The van der Waals surface area contributed by atoms with Gasteiger partial charge in [0, 0.05) is 25.5 Å². The van der Waals surface area contributed by atoms with Crippen molar-refractivity contribution < 1.29 is 18.8 Å². The molecule has 0 aromatic carbocycles. The number of carbonyl (C=O) groups excluding carboxylic acids is 1. The summed E-state index contributed by atoms with van der Waals surface area (Å²) in [6.07, 6.45) is 6.16. The lowest BCUT2D eigenvalue weighted by Gasteiger charge is -2.36. The number of likely N-dealkylation sites (tertiary alicyclic amines) is 1. The summed E-state index contributed by atoms with van der Waals surface area (Å²) in [6, 6.07) is 3.91. The van der Waals surface area contributed by atoms with Crippen LogP contribution in [-0.2, 0) is 16.1 Å². The average Bonchev–Trinajstić information content (AvgIpc) is 3.15. The highest BCUT2D eigenvalue weighted by Gasteiger charge is 2.32. The zero-order valence-electron chi connectivity index (χ0n) is 16.0. The van der Waals surface area contributed by atoms with Gasteiger partial charge in [0.25, 0.3) is 5.89 Å². The van der Waals surface area contributed by atoms with E-state index in [2.05, 4.69) is 15.1 Å². The van der Waals surface area contributed by atoms with Crippen LogP contribution in [0.25, 0.3) is 0 Å². The lowest BCUT2D eigenvalue weighted by atomic mass is 9.87. The number of rotatable bonds is 5. The summed E-state index contributed by atoms with van der Waals surface area (Å²) in [5, 5.41) is 3.61. The number of piperidine rings is 1. The largest absolute Gasteiger partial charge is 0.444 e. The lowest BCUT2D eigenvalue weighted by molar-refractivity contribution is -0.0345. The molecule has 2 aromatic rings. The van der Waals surface area contributed by atoms with E-state index in [0.29, 0.717) is 19.0 Å². The second-order valence-electron chi connectivity index (χ2n) is 7.65. The third-order valence-electron chi connectivity index (χ3n) is 4.45. The zero-order valence-corrected chi connectivity index (χ0v) is 16.0. The third-order valence-corrected chi connectivity index (χ3v) is 4.45. The molecule has 1 amide bonds. The summed E-state index contributed by atoms with van der Waals surface area (Å²) < 4.78 is 16.6. The monoisotopic (exact) mass is 374 g/mol. The van der Waals surface area contributed by atoms with Gasteiger partial charge in [-0.2, -0.15) is 4.98 Å². The predicted octanol–water partition coefficient (Wildman–Crippen LogP) is 3.37. The highest BCUT2D eigenvalue weighted by atomic mass is 16.6. The van der Waals surface area contributed by atoms with Crippen LogP contribution in [0.5, 0.6) is 0 Å². The summed E-state index contributed by atoms with van der Waals surface area (Å²) >= 11 is 0. The van der Waals surface area contributed by atoms with Crippen LogP contribution in [-0.4, -0.2) is 44.8 Å². The van der Waals surface area contributed by atoms with E-state index >= 15 is 0 Å². The van der Waals surface area contributed by atoms with Crippen LogP contribution in [0.15, 0.2) is 35.4 Å². The van der Waals surface area contributed by atoms with Crippen molar-refractivity contribution in [3.05, 3.63) is 42.3 Å². The summed E-state index contributed by atoms with van der Waals surface area (Å²) in [6.45, 7) is 7.17. The van der Waals surface area contributed by atoms with E-state index in [1.807, 2.05) is 32.9 Å². The van der Waals surface area contributed by atoms with Crippen LogP contribution >= 0.6 is 0 Å². The molecule has 1 fully saturated rings. The molecule has 3 rings (SSSR count). The molecule has 0 aliphatic carbocycles. The molecule has 27 heavy (non-hydrogen) atoms. The molecule has 8 heteroatoms. The summed E-state index contributed by atoms with van der Waals surface area (Å²) in [5.74, 6) is 0.717. The van der Waals surface area contributed by atoms with Gasteiger partial charge in [0.05, 0.1) is 6.10 Å². The molecule has 8 nitrogen and oxygen atoms in total. The van der Waals surface area contributed by atoms with E-state index in [0.717, 1.165) is 18.4 Å². The van der Waals surface area contributed by atoms with Crippen molar-refractivity contribution in [2.75, 3.05) is 13.1 Å². The molecule has 1 unspecified atom stereocenters. The third kappa shape index (κ3) is 5.50. The topological polar surface area (TPSA) is 90.6 Å². The van der Waals surface area contributed by atoms with E-state index in [1.165, 1.54) is 6.33 Å². The van der Waals surface area contributed by atoms with Crippen molar-refractivity contribution in [3.8, 4) is 0 Å². The normalized spacial score (nSPS) is 16.9. The van der Waals surface area contributed by atoms with Gasteiger partial charge < -0.3 is 18.9 Å². The maximum absolute atomic E-state index is 12.3. The van der Waals surface area contributed by atoms with Crippen LogP contribution < -0.4 is 0 Å². The van der Waals surface area contributed by atoms with Gasteiger partial charge >= 0.3 is 6.09 Å². The highest BCUT2D eigenvalue weighted by Crippen LogP contribution is 2.34. The second-order valence-corrected chi connectivity index (χ2v) is 7.65. The Morgan fingerprint density at radius 3 is 2.59 bits per heavy atom. The second kappa shape index (κ2) is 8.47.